The van der Waals surface area contributed by atoms with Crippen molar-refractivity contribution < 1.29 is 14.5 Å². The minimum atomic E-state index is -0.467. The first-order valence-corrected chi connectivity index (χ1v) is 8.45. The highest BCUT2D eigenvalue weighted by Crippen LogP contribution is 2.36. The van der Waals surface area contributed by atoms with Gasteiger partial charge in [0.1, 0.15) is 6.04 Å². The van der Waals surface area contributed by atoms with E-state index < -0.39 is 11.0 Å². The summed E-state index contributed by atoms with van der Waals surface area (Å²) in [4.78, 5) is 39.0. The van der Waals surface area contributed by atoms with Crippen LogP contribution >= 0.6 is 0 Å². The molecule has 2 atom stereocenters. The lowest BCUT2D eigenvalue weighted by Crippen LogP contribution is -2.52. The van der Waals surface area contributed by atoms with Crippen LogP contribution in [0.3, 0.4) is 0 Å². The maximum atomic E-state index is 12.8. The molecule has 2 aromatic rings. The number of nitro benzene ring substituents is 1. The Hall–Kier alpha value is -3.22. The molecule has 4 rings (SSSR count). The number of hydrogen-bond acceptors (Lipinski definition) is 4. The maximum absolute atomic E-state index is 12.8. The second kappa shape index (κ2) is 6.25. The van der Waals surface area contributed by atoms with Crippen LogP contribution in [0.4, 0.5) is 11.4 Å². The van der Waals surface area contributed by atoms with E-state index in [2.05, 4.69) is 0 Å². The van der Waals surface area contributed by atoms with Gasteiger partial charge in [0.15, 0.2) is 0 Å². The Morgan fingerprint density at radius 2 is 1.81 bits per heavy atom. The number of piperazine rings is 1. The zero-order chi connectivity index (χ0) is 18.3. The molecule has 0 N–H and O–H groups in total. The number of nitrogens with zero attached hydrogens (tertiary/aromatic N) is 3. The summed E-state index contributed by atoms with van der Waals surface area (Å²) in [5, 5.41) is 10.8. The molecule has 0 spiro atoms. The van der Waals surface area contributed by atoms with Gasteiger partial charge in [-0.3, -0.25) is 19.7 Å². The third-order valence-electron chi connectivity index (χ3n) is 5.02. The maximum Gasteiger partial charge on any atom is 0.269 e. The van der Waals surface area contributed by atoms with Crippen molar-refractivity contribution in [1.29, 1.82) is 0 Å². The number of anilines is 1. The van der Waals surface area contributed by atoms with Crippen molar-refractivity contribution in [3.63, 3.8) is 0 Å². The van der Waals surface area contributed by atoms with Gasteiger partial charge in [-0.05, 0) is 24.1 Å². The molecule has 2 aromatic carbocycles. The molecule has 2 aliphatic heterocycles. The lowest BCUT2D eigenvalue weighted by molar-refractivity contribution is -0.384. The van der Waals surface area contributed by atoms with Crippen molar-refractivity contribution in [1.82, 2.24) is 4.90 Å². The van der Waals surface area contributed by atoms with Crippen molar-refractivity contribution in [2.24, 2.45) is 0 Å². The van der Waals surface area contributed by atoms with Crippen LogP contribution in [-0.2, 0) is 16.0 Å². The summed E-state index contributed by atoms with van der Waals surface area (Å²) in [5.74, 6) is -0.156. The molecule has 0 unspecified atom stereocenters. The van der Waals surface area contributed by atoms with Gasteiger partial charge in [0, 0.05) is 24.4 Å². The molecular weight excluding hydrogens is 334 g/mol. The number of non-ortho nitro benzene ring substituents is 1. The van der Waals surface area contributed by atoms with Crippen molar-refractivity contribution in [2.45, 2.75) is 24.9 Å². The van der Waals surface area contributed by atoms with Crippen LogP contribution in [0.5, 0.6) is 0 Å². The van der Waals surface area contributed by atoms with Gasteiger partial charge < -0.3 is 9.80 Å². The molecule has 2 saturated heterocycles. The lowest BCUT2D eigenvalue weighted by atomic mass is 10.1. The first kappa shape index (κ1) is 16.3. The van der Waals surface area contributed by atoms with Crippen molar-refractivity contribution in [3.05, 3.63) is 70.3 Å². The Morgan fingerprint density at radius 1 is 1.12 bits per heavy atom. The Bertz CT molecular complexity index is 866. The molecule has 2 fully saturated rings. The van der Waals surface area contributed by atoms with E-state index in [0.717, 1.165) is 5.56 Å². The third kappa shape index (κ3) is 2.71. The first-order valence-electron chi connectivity index (χ1n) is 8.45. The van der Waals surface area contributed by atoms with Crippen LogP contribution < -0.4 is 4.90 Å². The van der Waals surface area contributed by atoms with Crippen LogP contribution in [0.2, 0.25) is 0 Å². The minimum absolute atomic E-state index is 0.00905. The van der Waals surface area contributed by atoms with Gasteiger partial charge >= 0.3 is 0 Å². The van der Waals surface area contributed by atoms with E-state index in [0.29, 0.717) is 18.7 Å². The zero-order valence-corrected chi connectivity index (χ0v) is 13.9. The van der Waals surface area contributed by atoms with Crippen LogP contribution in [0, 0.1) is 10.1 Å². The van der Waals surface area contributed by atoms with Gasteiger partial charge in [0.25, 0.3) is 5.69 Å². The highest BCUT2D eigenvalue weighted by atomic mass is 16.6. The van der Waals surface area contributed by atoms with Gasteiger partial charge in [-0.2, -0.15) is 0 Å². The summed E-state index contributed by atoms with van der Waals surface area (Å²) < 4.78 is 0. The topological polar surface area (TPSA) is 83.8 Å². The molecule has 2 heterocycles. The molecular formula is C19H17N3O4. The molecule has 132 valence electrons. The lowest BCUT2D eigenvalue weighted by Gasteiger charge is -2.34. The van der Waals surface area contributed by atoms with E-state index in [9.17, 15) is 19.7 Å². The number of hydrogen-bond donors (Lipinski definition) is 0. The van der Waals surface area contributed by atoms with Gasteiger partial charge in [-0.15, -0.1) is 0 Å². The second-order valence-corrected chi connectivity index (χ2v) is 6.60. The first-order chi connectivity index (χ1) is 12.5. The second-order valence-electron chi connectivity index (χ2n) is 6.60. The number of carbonyl (C=O) groups is 2. The molecule has 0 aliphatic carbocycles. The van der Waals surface area contributed by atoms with Crippen LogP contribution in [0.1, 0.15) is 12.0 Å². The van der Waals surface area contributed by atoms with Crippen molar-refractivity contribution >= 4 is 23.2 Å². The molecule has 26 heavy (non-hydrogen) atoms. The quantitative estimate of drug-likeness (QED) is 0.624. The summed E-state index contributed by atoms with van der Waals surface area (Å²) in [6, 6.07) is 14.9. The Balaban J connectivity index is 1.48. The smallest absolute Gasteiger partial charge is 0.269 e. The standard InChI is InChI=1S/C19H17N3O4/c23-18(10-13-4-2-1-3-5-13)20-12-16-11-17(20)19(24)21(16)14-6-8-15(9-7-14)22(25)26/h1-9,16-17H,10-12H2/t16-,17-/m0/s1. The Morgan fingerprint density at radius 3 is 2.42 bits per heavy atom. The van der Waals surface area contributed by atoms with Crippen LogP contribution in [0.15, 0.2) is 54.6 Å². The molecule has 7 heteroatoms. The highest BCUT2D eigenvalue weighted by Gasteiger charge is 2.51. The fourth-order valence-electron chi connectivity index (χ4n) is 3.80. The number of amides is 2. The summed E-state index contributed by atoms with van der Waals surface area (Å²) >= 11 is 0. The van der Waals surface area contributed by atoms with Crippen LogP contribution in [0.25, 0.3) is 0 Å². The van der Waals surface area contributed by atoms with E-state index in [-0.39, 0.29) is 30.0 Å². The minimum Gasteiger partial charge on any atom is -0.328 e. The fraction of sp³-hybridized carbons (Fsp3) is 0.263. The SMILES string of the molecule is O=C(Cc1ccccc1)N1C[C@@H]2C[C@H]1C(=O)N2c1ccc([N+](=O)[O-])cc1. The van der Waals surface area contributed by atoms with E-state index in [1.54, 1.807) is 21.9 Å². The number of carbonyl (C=O) groups excluding carboxylic acids is 2. The predicted molar refractivity (Wildman–Crippen MR) is 94.6 cm³/mol. The molecule has 7 nitrogen and oxygen atoms in total. The molecule has 2 amide bonds. The average Bonchev–Trinajstić information content (AvgIpc) is 3.21. The normalized spacial score (nSPS) is 21.3. The van der Waals surface area contributed by atoms with E-state index in [1.807, 2.05) is 30.3 Å². The van der Waals surface area contributed by atoms with E-state index in [4.69, 9.17) is 0 Å². The largest absolute Gasteiger partial charge is 0.328 e. The van der Waals surface area contributed by atoms with E-state index >= 15 is 0 Å². The van der Waals surface area contributed by atoms with Crippen molar-refractivity contribution in [2.75, 3.05) is 11.4 Å². The fourth-order valence-corrected chi connectivity index (χ4v) is 3.80. The third-order valence-corrected chi connectivity index (χ3v) is 5.02. The number of likely N-dealkylation sites (tertiary alicyclic amines) is 1. The summed E-state index contributed by atoms with van der Waals surface area (Å²) in [7, 11) is 0. The van der Waals surface area contributed by atoms with Gasteiger partial charge in [0.05, 0.1) is 17.4 Å². The number of rotatable bonds is 4. The van der Waals surface area contributed by atoms with Crippen LogP contribution in [-0.4, -0.2) is 40.3 Å². The van der Waals surface area contributed by atoms with Crippen molar-refractivity contribution in [3.8, 4) is 0 Å². The average molecular weight is 351 g/mol. The predicted octanol–water partition coefficient (Wildman–Crippen LogP) is 2.15. The highest BCUT2D eigenvalue weighted by molar-refractivity contribution is 6.03. The number of benzene rings is 2. The molecule has 2 bridgehead atoms. The molecule has 2 aliphatic rings. The molecule has 0 radical (unpaired) electrons. The van der Waals surface area contributed by atoms with E-state index in [1.165, 1.54) is 12.1 Å². The molecule has 0 aromatic heterocycles. The zero-order valence-electron chi connectivity index (χ0n) is 13.9. The number of fused-ring (bicyclic) bond motifs is 2. The summed E-state index contributed by atoms with van der Waals surface area (Å²) in [6.45, 7) is 0.499. The molecule has 0 saturated carbocycles. The Kier molecular flexibility index (Phi) is 3.91. The monoisotopic (exact) mass is 351 g/mol. The van der Waals surface area contributed by atoms with Gasteiger partial charge in [0.2, 0.25) is 11.8 Å². The summed E-state index contributed by atoms with van der Waals surface area (Å²) in [5.41, 5.74) is 1.56. The van der Waals surface area contributed by atoms with Gasteiger partial charge in [-0.25, -0.2) is 0 Å². The summed E-state index contributed by atoms with van der Waals surface area (Å²) in [6.07, 6.45) is 0.894. The van der Waals surface area contributed by atoms with Gasteiger partial charge in [-0.1, -0.05) is 30.3 Å². The number of nitro groups is 1. The Labute approximate surface area is 150 Å².